The number of pyridine rings is 1. The maximum absolute atomic E-state index is 11.9. The van der Waals surface area contributed by atoms with Gasteiger partial charge in [0.1, 0.15) is 0 Å². The fourth-order valence-corrected chi connectivity index (χ4v) is 1.50. The van der Waals surface area contributed by atoms with Gasteiger partial charge in [0.2, 0.25) is 0 Å². The lowest BCUT2D eigenvalue weighted by Crippen LogP contribution is -2.12. The van der Waals surface area contributed by atoms with Crippen molar-refractivity contribution in [2.24, 2.45) is 0 Å². The van der Waals surface area contributed by atoms with Crippen molar-refractivity contribution in [2.75, 3.05) is 11.1 Å². The maximum atomic E-state index is 11.9. The zero-order chi connectivity index (χ0) is 12.3. The van der Waals surface area contributed by atoms with Gasteiger partial charge >= 0.3 is 0 Å². The molecule has 0 atom stereocenters. The van der Waals surface area contributed by atoms with E-state index in [0.29, 0.717) is 22.0 Å². The molecule has 86 valence electrons. The Labute approximate surface area is 103 Å². The molecule has 0 fully saturated rings. The van der Waals surface area contributed by atoms with Crippen LogP contribution in [0.1, 0.15) is 10.4 Å². The summed E-state index contributed by atoms with van der Waals surface area (Å²) in [4.78, 5) is 15.8. The highest BCUT2D eigenvalue weighted by Gasteiger charge is 2.08. The van der Waals surface area contributed by atoms with Crippen LogP contribution in [0.2, 0.25) is 5.02 Å². The number of carbonyl (C=O) groups excluding carboxylic acids is 1. The summed E-state index contributed by atoms with van der Waals surface area (Å²) < 4.78 is 0. The lowest BCUT2D eigenvalue weighted by molar-refractivity contribution is 0.102. The molecule has 1 heterocycles. The molecule has 5 heteroatoms. The number of halogens is 1. The average Bonchev–Trinajstić information content (AvgIpc) is 2.32. The molecule has 3 N–H and O–H groups in total. The number of hydrogen-bond acceptors (Lipinski definition) is 3. The lowest BCUT2D eigenvalue weighted by Gasteiger charge is -2.06. The molecular weight excluding hydrogens is 238 g/mol. The summed E-state index contributed by atoms with van der Waals surface area (Å²) in [6.45, 7) is 0. The SMILES string of the molecule is Nc1cccc(C(=O)Nc2cnccc2Cl)c1. The quantitative estimate of drug-likeness (QED) is 0.802. The fraction of sp³-hybridized carbons (Fsp3) is 0. The van der Waals surface area contributed by atoms with E-state index < -0.39 is 0 Å². The molecule has 1 amide bonds. The summed E-state index contributed by atoms with van der Waals surface area (Å²) in [6, 6.07) is 8.31. The van der Waals surface area contributed by atoms with E-state index in [1.807, 2.05) is 0 Å². The highest BCUT2D eigenvalue weighted by Crippen LogP contribution is 2.20. The van der Waals surface area contributed by atoms with Crippen LogP contribution < -0.4 is 11.1 Å². The van der Waals surface area contributed by atoms with E-state index in [4.69, 9.17) is 17.3 Å². The molecule has 0 aliphatic heterocycles. The Bertz CT molecular complexity index is 557. The van der Waals surface area contributed by atoms with Crippen molar-refractivity contribution < 1.29 is 4.79 Å². The third-order valence-corrected chi connectivity index (χ3v) is 2.49. The van der Waals surface area contributed by atoms with Gasteiger partial charge < -0.3 is 11.1 Å². The van der Waals surface area contributed by atoms with Gasteiger partial charge in [-0.05, 0) is 24.3 Å². The Morgan fingerprint density at radius 3 is 2.88 bits per heavy atom. The van der Waals surface area contributed by atoms with E-state index >= 15 is 0 Å². The topological polar surface area (TPSA) is 68.0 Å². The molecular formula is C12H10ClN3O. The minimum Gasteiger partial charge on any atom is -0.399 e. The predicted molar refractivity (Wildman–Crippen MR) is 68.1 cm³/mol. The summed E-state index contributed by atoms with van der Waals surface area (Å²) in [6.07, 6.45) is 3.05. The largest absolute Gasteiger partial charge is 0.399 e. The van der Waals surface area contributed by atoms with Crippen LogP contribution in [-0.4, -0.2) is 10.9 Å². The van der Waals surface area contributed by atoms with Crippen molar-refractivity contribution in [2.45, 2.75) is 0 Å². The first-order valence-electron chi connectivity index (χ1n) is 4.93. The number of benzene rings is 1. The van der Waals surface area contributed by atoms with E-state index in [-0.39, 0.29) is 5.91 Å². The molecule has 4 nitrogen and oxygen atoms in total. The molecule has 0 radical (unpaired) electrons. The van der Waals surface area contributed by atoms with Crippen LogP contribution in [0.3, 0.4) is 0 Å². The first-order chi connectivity index (χ1) is 8.16. The van der Waals surface area contributed by atoms with Crippen molar-refractivity contribution in [1.82, 2.24) is 4.98 Å². The summed E-state index contributed by atoms with van der Waals surface area (Å²) in [5.41, 5.74) is 7.09. The standard InChI is InChI=1S/C12H10ClN3O/c13-10-4-5-15-7-11(10)16-12(17)8-2-1-3-9(14)6-8/h1-7H,14H2,(H,16,17). The summed E-state index contributed by atoms with van der Waals surface area (Å²) in [7, 11) is 0. The summed E-state index contributed by atoms with van der Waals surface area (Å²) in [5, 5.41) is 3.11. The third kappa shape index (κ3) is 2.73. The number of aromatic nitrogens is 1. The van der Waals surface area contributed by atoms with Crippen LogP contribution in [0.25, 0.3) is 0 Å². The second-order valence-corrected chi connectivity index (χ2v) is 3.84. The predicted octanol–water partition coefficient (Wildman–Crippen LogP) is 2.57. The first-order valence-corrected chi connectivity index (χ1v) is 5.31. The Balaban J connectivity index is 2.20. The first kappa shape index (κ1) is 11.4. The molecule has 0 saturated carbocycles. The monoisotopic (exact) mass is 247 g/mol. The number of nitrogens with zero attached hydrogens (tertiary/aromatic N) is 1. The van der Waals surface area contributed by atoms with Gasteiger partial charge in [-0.2, -0.15) is 0 Å². The van der Waals surface area contributed by atoms with Gasteiger partial charge in [0.15, 0.2) is 0 Å². The van der Waals surface area contributed by atoms with Gasteiger partial charge in [-0.3, -0.25) is 9.78 Å². The minimum atomic E-state index is -0.271. The molecule has 2 aromatic rings. The number of rotatable bonds is 2. The highest BCUT2D eigenvalue weighted by molar-refractivity contribution is 6.33. The van der Waals surface area contributed by atoms with Gasteiger partial charge in [-0.25, -0.2) is 0 Å². The van der Waals surface area contributed by atoms with Gasteiger partial charge in [0, 0.05) is 17.4 Å². The van der Waals surface area contributed by atoms with E-state index in [0.717, 1.165) is 0 Å². The molecule has 0 aliphatic carbocycles. The number of hydrogen-bond donors (Lipinski definition) is 2. The molecule has 1 aromatic heterocycles. The van der Waals surface area contributed by atoms with Crippen LogP contribution >= 0.6 is 11.6 Å². The third-order valence-electron chi connectivity index (χ3n) is 2.16. The van der Waals surface area contributed by atoms with Gasteiger partial charge in [-0.1, -0.05) is 17.7 Å². The molecule has 0 bridgehead atoms. The molecule has 0 unspecified atom stereocenters. The van der Waals surface area contributed by atoms with Crippen LogP contribution in [0.4, 0.5) is 11.4 Å². The molecule has 2 rings (SSSR count). The number of amides is 1. The number of nitrogens with one attached hydrogen (secondary N) is 1. The van der Waals surface area contributed by atoms with Gasteiger partial charge in [0.05, 0.1) is 16.9 Å². The smallest absolute Gasteiger partial charge is 0.255 e. The van der Waals surface area contributed by atoms with E-state index in [1.165, 1.54) is 6.20 Å². The van der Waals surface area contributed by atoms with Crippen LogP contribution in [-0.2, 0) is 0 Å². The fourth-order valence-electron chi connectivity index (χ4n) is 1.34. The van der Waals surface area contributed by atoms with Gasteiger partial charge in [0.25, 0.3) is 5.91 Å². The average molecular weight is 248 g/mol. The van der Waals surface area contributed by atoms with Crippen molar-refractivity contribution in [1.29, 1.82) is 0 Å². The zero-order valence-corrected chi connectivity index (χ0v) is 9.61. The minimum absolute atomic E-state index is 0.271. The van der Waals surface area contributed by atoms with Crippen LogP contribution in [0.5, 0.6) is 0 Å². The number of carbonyl (C=O) groups is 1. The number of anilines is 2. The second kappa shape index (κ2) is 4.84. The van der Waals surface area contributed by atoms with Crippen molar-refractivity contribution in [3.8, 4) is 0 Å². The number of nitrogens with two attached hydrogens (primary N) is 1. The molecule has 1 aromatic carbocycles. The summed E-state index contributed by atoms with van der Waals surface area (Å²) in [5.74, 6) is -0.271. The Hall–Kier alpha value is -2.07. The van der Waals surface area contributed by atoms with E-state index in [1.54, 1.807) is 36.5 Å². The Morgan fingerprint density at radius 1 is 1.35 bits per heavy atom. The van der Waals surface area contributed by atoms with Crippen molar-refractivity contribution in [3.63, 3.8) is 0 Å². The molecule has 0 aliphatic rings. The molecule has 0 saturated heterocycles. The highest BCUT2D eigenvalue weighted by atomic mass is 35.5. The zero-order valence-electron chi connectivity index (χ0n) is 8.85. The van der Waals surface area contributed by atoms with Crippen molar-refractivity contribution >= 4 is 28.9 Å². The number of nitrogen functional groups attached to an aromatic ring is 1. The summed E-state index contributed by atoms with van der Waals surface area (Å²) >= 11 is 5.91. The Morgan fingerprint density at radius 2 is 2.18 bits per heavy atom. The second-order valence-electron chi connectivity index (χ2n) is 3.44. The normalized spacial score (nSPS) is 9.94. The van der Waals surface area contributed by atoms with E-state index in [2.05, 4.69) is 10.3 Å². The Kier molecular flexibility index (Phi) is 3.25. The van der Waals surface area contributed by atoms with E-state index in [9.17, 15) is 4.79 Å². The van der Waals surface area contributed by atoms with Crippen molar-refractivity contribution in [3.05, 3.63) is 53.3 Å². The van der Waals surface area contributed by atoms with Crippen LogP contribution in [0.15, 0.2) is 42.7 Å². The van der Waals surface area contributed by atoms with Gasteiger partial charge in [-0.15, -0.1) is 0 Å². The van der Waals surface area contributed by atoms with Crippen LogP contribution in [0, 0.1) is 0 Å². The lowest BCUT2D eigenvalue weighted by atomic mass is 10.2. The maximum Gasteiger partial charge on any atom is 0.255 e. The molecule has 17 heavy (non-hydrogen) atoms. The molecule has 0 spiro atoms.